The summed E-state index contributed by atoms with van der Waals surface area (Å²) < 4.78 is 78.7. The van der Waals surface area contributed by atoms with Crippen LogP contribution in [0.3, 0.4) is 0 Å². The van der Waals surface area contributed by atoms with Gasteiger partial charge in [0.15, 0.2) is 6.10 Å². The fraction of sp³-hybridized carbons (Fsp3) is 0.190. The second kappa shape index (κ2) is 9.55. The van der Waals surface area contributed by atoms with E-state index in [1.807, 2.05) is 5.32 Å². The van der Waals surface area contributed by atoms with Crippen LogP contribution < -0.4 is 15.8 Å². The van der Waals surface area contributed by atoms with Crippen LogP contribution >= 0.6 is 0 Å². The first kappa shape index (κ1) is 24.8. The Hall–Kier alpha value is -3.87. The second-order valence-electron chi connectivity index (χ2n) is 6.90. The predicted molar refractivity (Wildman–Crippen MR) is 108 cm³/mol. The first-order valence-electron chi connectivity index (χ1n) is 9.45. The molecule has 2 heterocycles. The Kier molecular flexibility index (Phi) is 6.96. The molecule has 0 bridgehead atoms. The second-order valence-corrected chi connectivity index (χ2v) is 6.90. The number of nitrogen functional groups attached to an aromatic ring is 1. The fourth-order valence-electron chi connectivity index (χ4n) is 2.84. The molecule has 1 aromatic carbocycles. The zero-order valence-corrected chi connectivity index (χ0v) is 17.0. The number of halogens is 6. The third-order valence-electron chi connectivity index (χ3n) is 4.46. The van der Waals surface area contributed by atoms with Gasteiger partial charge in [-0.2, -0.15) is 13.2 Å². The van der Waals surface area contributed by atoms with Crippen LogP contribution in [0.2, 0.25) is 0 Å². The number of rotatable bonds is 6. The van der Waals surface area contributed by atoms with Crippen LogP contribution in [0, 0.1) is 0 Å². The summed E-state index contributed by atoms with van der Waals surface area (Å²) >= 11 is 0. The maximum absolute atomic E-state index is 12.6. The molecule has 0 aliphatic rings. The largest absolute Gasteiger partial charge is 0.573 e. The van der Waals surface area contributed by atoms with Crippen molar-refractivity contribution < 1.29 is 41.0 Å². The van der Waals surface area contributed by atoms with Gasteiger partial charge in [-0.25, -0.2) is 4.98 Å². The predicted octanol–water partition coefficient (Wildman–Crippen LogP) is 3.94. The van der Waals surface area contributed by atoms with Crippen molar-refractivity contribution in [2.24, 2.45) is 0 Å². The summed E-state index contributed by atoms with van der Waals surface area (Å²) in [6, 6.07) is 8.87. The monoisotopic (exact) mass is 486 g/mol. The molecule has 0 saturated heterocycles. The topological polar surface area (TPSA) is 110 Å². The molecule has 7 nitrogen and oxygen atoms in total. The van der Waals surface area contributed by atoms with E-state index in [2.05, 4.69) is 14.7 Å². The molecule has 0 fully saturated rings. The van der Waals surface area contributed by atoms with Crippen molar-refractivity contribution in [2.45, 2.75) is 18.6 Å². The highest BCUT2D eigenvalue weighted by Gasteiger charge is 2.38. The average molecular weight is 486 g/mol. The molecular formula is C21H16F6N4O3. The Labute approximate surface area is 188 Å². The van der Waals surface area contributed by atoms with E-state index >= 15 is 0 Å². The van der Waals surface area contributed by atoms with E-state index in [1.54, 1.807) is 12.1 Å². The molecule has 0 saturated carbocycles. The van der Waals surface area contributed by atoms with Gasteiger partial charge in [0.2, 0.25) is 0 Å². The van der Waals surface area contributed by atoms with Gasteiger partial charge in [-0.3, -0.25) is 9.78 Å². The highest BCUT2D eigenvalue weighted by molar-refractivity contribution is 6.03. The highest BCUT2D eigenvalue weighted by atomic mass is 19.4. The molecule has 13 heteroatoms. The Morgan fingerprint density at radius 3 is 2.32 bits per heavy atom. The molecule has 2 aromatic heterocycles. The molecular weight excluding hydrogens is 470 g/mol. The Morgan fingerprint density at radius 1 is 1.09 bits per heavy atom. The summed E-state index contributed by atoms with van der Waals surface area (Å²) in [6.07, 6.45) is -9.77. The Balaban J connectivity index is 2.01. The number of benzene rings is 1. The van der Waals surface area contributed by atoms with Gasteiger partial charge >= 0.3 is 12.5 Å². The molecule has 0 spiro atoms. The molecule has 0 aliphatic carbocycles. The van der Waals surface area contributed by atoms with E-state index in [0.29, 0.717) is 5.56 Å². The number of aliphatic hydroxyl groups excluding tert-OH is 1. The van der Waals surface area contributed by atoms with E-state index in [1.165, 1.54) is 30.6 Å². The Morgan fingerprint density at radius 2 is 1.76 bits per heavy atom. The van der Waals surface area contributed by atoms with E-state index in [9.17, 15) is 31.1 Å². The van der Waals surface area contributed by atoms with Crippen LogP contribution in [-0.4, -0.2) is 46.2 Å². The highest BCUT2D eigenvalue weighted by Crippen LogP contribution is 2.32. The number of anilines is 1. The van der Waals surface area contributed by atoms with Crippen molar-refractivity contribution in [2.75, 3.05) is 12.3 Å². The molecule has 1 amide bonds. The SMILES string of the molecule is Nc1c(C(=O)NC[C@@H](O)C(F)(F)F)cc(-c2ccc(OC(F)(F)F)cc2)nc1-c1cccnc1. The smallest absolute Gasteiger partial charge is 0.406 e. The number of carbonyl (C=O) groups excluding carboxylic acids is 1. The number of aliphatic hydroxyl groups is 1. The van der Waals surface area contributed by atoms with Gasteiger partial charge in [0.05, 0.1) is 29.2 Å². The number of hydrogen-bond acceptors (Lipinski definition) is 6. The normalized spacial score (nSPS) is 12.8. The van der Waals surface area contributed by atoms with Gasteiger partial charge in [0.1, 0.15) is 5.75 Å². The summed E-state index contributed by atoms with van der Waals surface area (Å²) in [4.78, 5) is 20.9. The van der Waals surface area contributed by atoms with Crippen LogP contribution in [-0.2, 0) is 0 Å². The van der Waals surface area contributed by atoms with Crippen LogP contribution in [0.4, 0.5) is 32.0 Å². The lowest BCUT2D eigenvalue weighted by Crippen LogP contribution is -2.40. The number of amides is 1. The molecule has 1 atom stereocenters. The van der Waals surface area contributed by atoms with Crippen LogP contribution in [0.15, 0.2) is 54.9 Å². The number of aromatic nitrogens is 2. The number of alkyl halides is 6. The van der Waals surface area contributed by atoms with E-state index in [-0.39, 0.29) is 28.2 Å². The van der Waals surface area contributed by atoms with E-state index in [4.69, 9.17) is 10.8 Å². The third-order valence-corrected chi connectivity index (χ3v) is 4.46. The summed E-state index contributed by atoms with van der Waals surface area (Å²) in [5.74, 6) is -1.51. The van der Waals surface area contributed by atoms with Crippen molar-refractivity contribution >= 4 is 11.6 Å². The standard InChI is InChI=1S/C21H16F6N4O3/c22-20(23,24)16(32)10-30-19(33)14-8-15(11-3-5-13(6-4-11)34-21(25,26)27)31-18(17(14)28)12-2-1-7-29-9-12/h1-9,16,32H,10,28H2,(H,30,33)/t16-/m1/s1. The first-order chi connectivity index (χ1) is 15.8. The summed E-state index contributed by atoms with van der Waals surface area (Å²) in [5.41, 5.74) is 6.45. The van der Waals surface area contributed by atoms with Crippen molar-refractivity contribution in [1.82, 2.24) is 15.3 Å². The molecule has 3 aromatic rings. The maximum Gasteiger partial charge on any atom is 0.573 e. The summed E-state index contributed by atoms with van der Waals surface area (Å²) in [6.45, 7) is -1.12. The number of nitrogens with two attached hydrogens (primary N) is 1. The number of nitrogens with zero attached hydrogens (tertiary/aromatic N) is 2. The van der Waals surface area contributed by atoms with Gasteiger partial charge in [-0.1, -0.05) is 0 Å². The minimum atomic E-state index is -4.94. The van der Waals surface area contributed by atoms with Gasteiger partial charge in [0.25, 0.3) is 5.91 Å². The van der Waals surface area contributed by atoms with Gasteiger partial charge in [0, 0.05) is 23.5 Å². The molecule has 180 valence electrons. The molecule has 0 radical (unpaired) electrons. The lowest BCUT2D eigenvalue weighted by molar-refractivity contribution is -0.274. The summed E-state index contributed by atoms with van der Waals surface area (Å²) in [7, 11) is 0. The van der Waals surface area contributed by atoms with Crippen LogP contribution in [0.25, 0.3) is 22.5 Å². The van der Waals surface area contributed by atoms with E-state index < -0.39 is 36.8 Å². The number of ether oxygens (including phenoxy) is 1. The van der Waals surface area contributed by atoms with Crippen molar-refractivity contribution in [3.05, 3.63) is 60.4 Å². The molecule has 34 heavy (non-hydrogen) atoms. The third kappa shape index (κ3) is 6.13. The van der Waals surface area contributed by atoms with E-state index in [0.717, 1.165) is 12.1 Å². The minimum absolute atomic E-state index is 0.0720. The van der Waals surface area contributed by atoms with Crippen molar-refractivity contribution in [3.63, 3.8) is 0 Å². The quantitative estimate of drug-likeness (QED) is 0.456. The van der Waals surface area contributed by atoms with Gasteiger partial charge in [-0.15, -0.1) is 13.2 Å². The lowest BCUT2D eigenvalue weighted by atomic mass is 10.0. The number of pyridine rings is 2. The van der Waals surface area contributed by atoms with Gasteiger partial charge < -0.3 is 20.9 Å². The number of hydrogen-bond donors (Lipinski definition) is 3. The molecule has 4 N–H and O–H groups in total. The van der Waals surface area contributed by atoms with Gasteiger partial charge in [-0.05, 0) is 42.5 Å². The molecule has 3 rings (SSSR count). The zero-order chi connectivity index (χ0) is 25.1. The molecule has 0 unspecified atom stereocenters. The first-order valence-corrected chi connectivity index (χ1v) is 9.45. The fourth-order valence-corrected chi connectivity index (χ4v) is 2.84. The number of carbonyl (C=O) groups is 1. The molecule has 0 aliphatic heterocycles. The maximum atomic E-state index is 12.6. The zero-order valence-electron chi connectivity index (χ0n) is 17.0. The van der Waals surface area contributed by atoms with Crippen LogP contribution in [0.5, 0.6) is 5.75 Å². The van der Waals surface area contributed by atoms with Crippen molar-refractivity contribution in [1.29, 1.82) is 0 Å². The van der Waals surface area contributed by atoms with Crippen LogP contribution in [0.1, 0.15) is 10.4 Å². The Bertz CT molecular complexity index is 1150. The number of nitrogens with one attached hydrogen (secondary N) is 1. The minimum Gasteiger partial charge on any atom is -0.406 e. The van der Waals surface area contributed by atoms with Crippen molar-refractivity contribution in [3.8, 4) is 28.3 Å². The summed E-state index contributed by atoms with van der Waals surface area (Å²) in [5, 5.41) is 11.1. The lowest BCUT2D eigenvalue weighted by Gasteiger charge is -2.17. The average Bonchev–Trinajstić information content (AvgIpc) is 2.77.